The minimum absolute atomic E-state index is 0.0191. The van der Waals surface area contributed by atoms with Gasteiger partial charge in [-0.2, -0.15) is 0 Å². The van der Waals surface area contributed by atoms with E-state index in [1.54, 1.807) is 0 Å². The Morgan fingerprint density at radius 1 is 1.09 bits per heavy atom. The first kappa shape index (κ1) is 18.0. The lowest BCUT2D eigenvalue weighted by molar-refractivity contribution is -0.143. The summed E-state index contributed by atoms with van der Waals surface area (Å²) in [6, 6.07) is 9.17. The highest BCUT2D eigenvalue weighted by Crippen LogP contribution is 2.06. The topological polar surface area (TPSA) is 67.4 Å². The Hall–Kier alpha value is -2.04. The third kappa shape index (κ3) is 6.16. The lowest BCUT2D eigenvalue weighted by atomic mass is 10.0. The number of carbonyl (C=O) groups is 2. The van der Waals surface area contributed by atoms with Crippen LogP contribution in [0.3, 0.4) is 0 Å². The number of amides is 2. The number of aryl methyl sites for hydroxylation is 1. The molecule has 0 fully saturated rings. The van der Waals surface area contributed by atoms with Gasteiger partial charge in [-0.05, 0) is 31.2 Å². The molecule has 0 bridgehead atoms. The van der Waals surface area contributed by atoms with Crippen LogP contribution in [0.25, 0.3) is 0 Å². The Morgan fingerprint density at radius 3 is 2.27 bits per heavy atom. The number of esters is 1. The number of hydrogen-bond acceptors (Lipinski definition) is 3. The van der Waals surface area contributed by atoms with Gasteiger partial charge in [-0.25, -0.2) is 9.59 Å². The normalized spacial score (nSPS) is 13.3. The van der Waals surface area contributed by atoms with Crippen molar-refractivity contribution >= 4 is 12.0 Å². The van der Waals surface area contributed by atoms with E-state index in [-0.39, 0.29) is 18.0 Å². The fourth-order valence-electron chi connectivity index (χ4n) is 2.13. The Kier molecular flexibility index (Phi) is 7.43. The van der Waals surface area contributed by atoms with Crippen LogP contribution in [0.2, 0.25) is 0 Å². The lowest BCUT2D eigenvalue weighted by Gasteiger charge is -2.22. The molecule has 5 heteroatoms. The van der Waals surface area contributed by atoms with Crippen LogP contribution in [0.1, 0.15) is 32.8 Å². The molecule has 0 aromatic heterocycles. The van der Waals surface area contributed by atoms with Crippen molar-refractivity contribution in [1.29, 1.82) is 0 Å². The zero-order chi connectivity index (χ0) is 16.5. The molecule has 2 N–H and O–H groups in total. The number of nitrogens with one attached hydrogen (secondary N) is 2. The summed E-state index contributed by atoms with van der Waals surface area (Å²) in [6.07, 6.45) is 1.73. The number of benzene rings is 1. The van der Waals surface area contributed by atoms with E-state index in [9.17, 15) is 9.59 Å². The van der Waals surface area contributed by atoms with Gasteiger partial charge in [-0.1, -0.05) is 44.2 Å². The van der Waals surface area contributed by atoms with Gasteiger partial charge in [0.2, 0.25) is 0 Å². The second-order valence-electron chi connectivity index (χ2n) is 5.79. The Balaban J connectivity index is 2.41. The Labute approximate surface area is 132 Å². The van der Waals surface area contributed by atoms with Crippen LogP contribution in [0.4, 0.5) is 4.79 Å². The molecule has 0 radical (unpaired) electrons. The molecule has 5 nitrogen and oxygen atoms in total. The van der Waals surface area contributed by atoms with Crippen molar-refractivity contribution in [1.82, 2.24) is 10.6 Å². The molecular formula is C17H26N2O3. The summed E-state index contributed by atoms with van der Waals surface area (Å²) in [7, 11) is 1.32. The molecule has 2 atom stereocenters. The Bertz CT molecular complexity index is 474. The van der Waals surface area contributed by atoms with Crippen LogP contribution in [-0.2, 0) is 16.0 Å². The van der Waals surface area contributed by atoms with Crippen molar-refractivity contribution in [3.8, 4) is 0 Å². The van der Waals surface area contributed by atoms with Crippen molar-refractivity contribution < 1.29 is 14.3 Å². The summed E-state index contributed by atoms with van der Waals surface area (Å²) in [5, 5.41) is 5.53. The fourth-order valence-corrected chi connectivity index (χ4v) is 2.13. The molecule has 0 aliphatic rings. The van der Waals surface area contributed by atoms with E-state index >= 15 is 0 Å². The molecule has 0 saturated carbocycles. The molecule has 1 aromatic carbocycles. The first-order chi connectivity index (χ1) is 10.4. The fraction of sp³-hybridized carbons (Fsp3) is 0.529. The smallest absolute Gasteiger partial charge is 0.328 e. The van der Waals surface area contributed by atoms with Gasteiger partial charge < -0.3 is 15.4 Å². The van der Waals surface area contributed by atoms with Gasteiger partial charge in [0.1, 0.15) is 6.04 Å². The lowest BCUT2D eigenvalue weighted by Crippen LogP contribution is -2.50. The minimum atomic E-state index is -0.633. The zero-order valence-corrected chi connectivity index (χ0v) is 13.8. The quantitative estimate of drug-likeness (QED) is 0.761. The monoisotopic (exact) mass is 306 g/mol. The van der Waals surface area contributed by atoms with Gasteiger partial charge in [-0.15, -0.1) is 0 Å². The van der Waals surface area contributed by atoms with E-state index in [4.69, 9.17) is 4.74 Å². The molecule has 22 heavy (non-hydrogen) atoms. The highest BCUT2D eigenvalue weighted by Gasteiger charge is 2.25. The van der Waals surface area contributed by atoms with Gasteiger partial charge >= 0.3 is 12.0 Å². The Morgan fingerprint density at radius 2 is 1.73 bits per heavy atom. The van der Waals surface area contributed by atoms with Crippen molar-refractivity contribution in [2.24, 2.45) is 5.92 Å². The number of methoxy groups -OCH3 is 1. The van der Waals surface area contributed by atoms with Crippen molar-refractivity contribution in [3.05, 3.63) is 35.9 Å². The number of rotatable bonds is 7. The molecular weight excluding hydrogens is 280 g/mol. The third-order valence-electron chi connectivity index (χ3n) is 3.49. The number of hydrogen-bond donors (Lipinski definition) is 2. The van der Waals surface area contributed by atoms with Gasteiger partial charge in [-0.3, -0.25) is 0 Å². The number of urea groups is 1. The van der Waals surface area contributed by atoms with E-state index in [1.807, 2.05) is 39.0 Å². The first-order valence-electron chi connectivity index (χ1n) is 7.62. The standard InChI is InChI=1S/C17H26N2O3/c1-12(2)15(16(20)22-4)19-17(21)18-13(3)10-11-14-8-6-5-7-9-14/h5-9,12-13,15H,10-11H2,1-4H3,(H2,18,19,21)/t13-,15+/m0/s1. The highest BCUT2D eigenvalue weighted by molar-refractivity contribution is 5.83. The van der Waals surface area contributed by atoms with Gasteiger partial charge in [0.05, 0.1) is 7.11 Å². The second-order valence-corrected chi connectivity index (χ2v) is 5.79. The largest absolute Gasteiger partial charge is 0.467 e. The molecule has 0 unspecified atom stereocenters. The van der Waals surface area contributed by atoms with Crippen LogP contribution in [0.15, 0.2) is 30.3 Å². The van der Waals surface area contributed by atoms with Crippen LogP contribution < -0.4 is 10.6 Å². The predicted molar refractivity (Wildman–Crippen MR) is 86.5 cm³/mol. The maximum absolute atomic E-state index is 12.0. The van der Waals surface area contributed by atoms with E-state index in [2.05, 4.69) is 22.8 Å². The van der Waals surface area contributed by atoms with Gasteiger partial charge in [0.15, 0.2) is 0 Å². The summed E-state index contributed by atoms with van der Waals surface area (Å²) in [4.78, 5) is 23.6. The zero-order valence-electron chi connectivity index (χ0n) is 13.8. The van der Waals surface area contributed by atoms with Gasteiger partial charge in [0.25, 0.3) is 0 Å². The molecule has 0 aliphatic carbocycles. The van der Waals surface area contributed by atoms with E-state index in [0.29, 0.717) is 0 Å². The van der Waals surface area contributed by atoms with Crippen LogP contribution in [0.5, 0.6) is 0 Å². The molecule has 1 rings (SSSR count). The molecule has 0 heterocycles. The summed E-state index contributed by atoms with van der Waals surface area (Å²) in [6.45, 7) is 5.67. The minimum Gasteiger partial charge on any atom is -0.467 e. The number of ether oxygens (including phenoxy) is 1. The SMILES string of the molecule is COC(=O)[C@H](NC(=O)N[C@@H](C)CCc1ccccc1)C(C)C. The van der Waals surface area contributed by atoms with E-state index in [1.165, 1.54) is 12.7 Å². The van der Waals surface area contributed by atoms with Crippen molar-refractivity contribution in [3.63, 3.8) is 0 Å². The number of carbonyl (C=O) groups excluding carboxylic acids is 2. The molecule has 122 valence electrons. The van der Waals surface area contributed by atoms with Crippen molar-refractivity contribution in [2.45, 2.75) is 45.7 Å². The molecule has 0 spiro atoms. The predicted octanol–water partition coefficient (Wildman–Crippen LogP) is 2.50. The van der Waals surface area contributed by atoms with Gasteiger partial charge in [0, 0.05) is 6.04 Å². The summed E-state index contributed by atoms with van der Waals surface area (Å²) < 4.78 is 4.70. The first-order valence-corrected chi connectivity index (χ1v) is 7.62. The van der Waals surface area contributed by atoms with Crippen LogP contribution >= 0.6 is 0 Å². The summed E-state index contributed by atoms with van der Waals surface area (Å²) in [5.74, 6) is -0.458. The van der Waals surface area contributed by atoms with Crippen LogP contribution in [-0.4, -0.2) is 31.2 Å². The summed E-state index contributed by atoms with van der Waals surface area (Å²) >= 11 is 0. The highest BCUT2D eigenvalue weighted by atomic mass is 16.5. The molecule has 0 aliphatic heterocycles. The van der Waals surface area contributed by atoms with E-state index < -0.39 is 12.0 Å². The van der Waals surface area contributed by atoms with E-state index in [0.717, 1.165) is 12.8 Å². The average Bonchev–Trinajstić information content (AvgIpc) is 2.50. The van der Waals surface area contributed by atoms with Crippen molar-refractivity contribution in [2.75, 3.05) is 7.11 Å². The average molecular weight is 306 g/mol. The molecule has 0 saturated heterocycles. The maximum atomic E-state index is 12.0. The maximum Gasteiger partial charge on any atom is 0.328 e. The third-order valence-corrected chi connectivity index (χ3v) is 3.49. The summed E-state index contributed by atoms with van der Waals surface area (Å²) in [5.41, 5.74) is 1.24. The molecule has 1 aromatic rings. The molecule has 2 amide bonds. The van der Waals surface area contributed by atoms with Crippen LogP contribution in [0, 0.1) is 5.92 Å². The second kappa shape index (κ2) is 9.07.